The van der Waals surface area contributed by atoms with E-state index in [1.54, 1.807) is 0 Å². The van der Waals surface area contributed by atoms with Crippen molar-refractivity contribution in [1.82, 2.24) is 4.57 Å². The molecule has 1 aliphatic carbocycles. The molecule has 1 aliphatic rings. The number of carbonyl (C=O) groups is 1. The fourth-order valence-electron chi connectivity index (χ4n) is 3.93. The molecule has 142 valence electrons. The number of benzene rings is 2. The maximum atomic E-state index is 11.7. The van der Waals surface area contributed by atoms with Crippen LogP contribution in [0.25, 0.3) is 23.1 Å². The highest BCUT2D eigenvalue weighted by molar-refractivity contribution is 6.30. The van der Waals surface area contributed by atoms with Crippen LogP contribution in [0.2, 0.25) is 5.02 Å². The lowest BCUT2D eigenvalue weighted by atomic mass is 10.1. The van der Waals surface area contributed by atoms with E-state index in [0.29, 0.717) is 6.04 Å². The SMILES string of the molecule is C=CC(=O)Nc1ccc2c(c1)c(/C=C/c1ccc(Cl)cc1)cn2C1CCCC1. The number of amides is 1. The van der Waals surface area contributed by atoms with Gasteiger partial charge in [-0.05, 0) is 54.8 Å². The third-order valence-corrected chi connectivity index (χ3v) is 5.61. The van der Waals surface area contributed by atoms with Gasteiger partial charge in [-0.1, -0.05) is 55.3 Å². The average Bonchev–Trinajstić information content (AvgIpc) is 3.35. The molecule has 1 aromatic heterocycles. The van der Waals surface area contributed by atoms with E-state index < -0.39 is 0 Å². The van der Waals surface area contributed by atoms with Crippen LogP contribution in [0.15, 0.2) is 61.3 Å². The summed E-state index contributed by atoms with van der Waals surface area (Å²) in [7, 11) is 0. The maximum Gasteiger partial charge on any atom is 0.247 e. The van der Waals surface area contributed by atoms with Crippen LogP contribution in [0.3, 0.4) is 0 Å². The second-order valence-corrected chi connectivity index (χ2v) is 7.68. The average molecular weight is 391 g/mol. The number of fused-ring (bicyclic) bond motifs is 1. The minimum atomic E-state index is -0.201. The quantitative estimate of drug-likeness (QED) is 0.483. The third kappa shape index (κ3) is 3.90. The van der Waals surface area contributed by atoms with Crippen LogP contribution in [0, 0.1) is 0 Å². The van der Waals surface area contributed by atoms with Gasteiger partial charge in [0.2, 0.25) is 5.91 Å². The Hall–Kier alpha value is -2.78. The number of halogens is 1. The number of aromatic nitrogens is 1. The number of rotatable bonds is 5. The molecule has 3 nitrogen and oxygen atoms in total. The molecule has 1 amide bonds. The van der Waals surface area contributed by atoms with Crippen LogP contribution in [-0.4, -0.2) is 10.5 Å². The lowest BCUT2D eigenvalue weighted by Crippen LogP contribution is -2.07. The Kier molecular flexibility index (Phi) is 5.36. The Morgan fingerprint density at radius 2 is 1.86 bits per heavy atom. The predicted octanol–water partition coefficient (Wildman–Crippen LogP) is 6.70. The van der Waals surface area contributed by atoms with E-state index in [1.165, 1.54) is 37.3 Å². The highest BCUT2D eigenvalue weighted by Crippen LogP contribution is 2.36. The summed E-state index contributed by atoms with van der Waals surface area (Å²) in [6, 6.07) is 14.5. The molecule has 1 heterocycles. The molecule has 28 heavy (non-hydrogen) atoms. The van der Waals surface area contributed by atoms with E-state index in [-0.39, 0.29) is 5.91 Å². The molecule has 2 aromatic carbocycles. The predicted molar refractivity (Wildman–Crippen MR) is 119 cm³/mol. The minimum absolute atomic E-state index is 0.201. The van der Waals surface area contributed by atoms with E-state index in [9.17, 15) is 4.79 Å². The van der Waals surface area contributed by atoms with Gasteiger partial charge in [-0.25, -0.2) is 0 Å². The van der Waals surface area contributed by atoms with Crippen molar-refractivity contribution in [3.63, 3.8) is 0 Å². The van der Waals surface area contributed by atoms with Gasteiger partial charge in [0.25, 0.3) is 0 Å². The number of carbonyl (C=O) groups excluding carboxylic acids is 1. The van der Waals surface area contributed by atoms with Crippen molar-refractivity contribution in [2.45, 2.75) is 31.7 Å². The summed E-state index contributed by atoms with van der Waals surface area (Å²) in [6.07, 6.45) is 12.8. The zero-order valence-electron chi connectivity index (χ0n) is 15.7. The summed E-state index contributed by atoms with van der Waals surface area (Å²) < 4.78 is 2.41. The number of anilines is 1. The van der Waals surface area contributed by atoms with Crippen molar-refractivity contribution >= 4 is 46.3 Å². The molecule has 0 aliphatic heterocycles. The molecule has 0 bridgehead atoms. The van der Waals surface area contributed by atoms with E-state index >= 15 is 0 Å². The van der Waals surface area contributed by atoms with Crippen molar-refractivity contribution < 1.29 is 4.79 Å². The first-order valence-electron chi connectivity index (χ1n) is 9.66. The zero-order chi connectivity index (χ0) is 19.5. The highest BCUT2D eigenvalue weighted by atomic mass is 35.5. The van der Waals surface area contributed by atoms with Gasteiger partial charge in [-0.2, -0.15) is 0 Å². The van der Waals surface area contributed by atoms with Gasteiger partial charge in [0.05, 0.1) is 0 Å². The van der Waals surface area contributed by atoms with Gasteiger partial charge in [-0.15, -0.1) is 0 Å². The Labute approximate surface area is 170 Å². The maximum absolute atomic E-state index is 11.7. The van der Waals surface area contributed by atoms with Crippen molar-refractivity contribution in [1.29, 1.82) is 0 Å². The van der Waals surface area contributed by atoms with Gasteiger partial charge < -0.3 is 9.88 Å². The lowest BCUT2D eigenvalue weighted by molar-refractivity contribution is -0.111. The highest BCUT2D eigenvalue weighted by Gasteiger charge is 2.19. The summed E-state index contributed by atoms with van der Waals surface area (Å²) >= 11 is 5.98. The van der Waals surface area contributed by atoms with Gasteiger partial charge in [-0.3, -0.25) is 4.79 Å². The molecule has 1 fully saturated rings. The summed E-state index contributed by atoms with van der Waals surface area (Å²) in [5.41, 5.74) is 4.23. The fraction of sp³-hybridized carbons (Fsp3) is 0.208. The molecule has 0 radical (unpaired) electrons. The Balaban J connectivity index is 1.75. The van der Waals surface area contributed by atoms with Crippen LogP contribution in [-0.2, 0) is 4.79 Å². The van der Waals surface area contributed by atoms with E-state index in [4.69, 9.17) is 11.6 Å². The minimum Gasteiger partial charge on any atom is -0.344 e. The first-order chi connectivity index (χ1) is 13.6. The van der Waals surface area contributed by atoms with Crippen LogP contribution in [0.5, 0.6) is 0 Å². The number of nitrogens with one attached hydrogen (secondary N) is 1. The van der Waals surface area contributed by atoms with Gasteiger partial charge >= 0.3 is 0 Å². The number of hydrogen-bond acceptors (Lipinski definition) is 1. The molecule has 0 unspecified atom stereocenters. The zero-order valence-corrected chi connectivity index (χ0v) is 16.5. The van der Waals surface area contributed by atoms with Crippen LogP contribution < -0.4 is 5.32 Å². The van der Waals surface area contributed by atoms with Gasteiger partial charge in [0.15, 0.2) is 0 Å². The van der Waals surface area contributed by atoms with Crippen molar-refractivity contribution in [2.75, 3.05) is 5.32 Å². The molecule has 1 N–H and O–H groups in total. The molecule has 4 heteroatoms. The molecule has 0 spiro atoms. The number of hydrogen-bond donors (Lipinski definition) is 1. The smallest absolute Gasteiger partial charge is 0.247 e. The normalized spacial score (nSPS) is 14.8. The molecular weight excluding hydrogens is 368 g/mol. The Bertz CT molecular complexity index is 1040. The third-order valence-electron chi connectivity index (χ3n) is 5.36. The van der Waals surface area contributed by atoms with E-state index in [2.05, 4.69) is 40.9 Å². The second kappa shape index (κ2) is 8.07. The molecular formula is C24H23ClN2O. The Morgan fingerprint density at radius 1 is 1.11 bits per heavy atom. The van der Waals surface area contributed by atoms with Gasteiger partial charge in [0.1, 0.15) is 0 Å². The van der Waals surface area contributed by atoms with Crippen LogP contribution >= 0.6 is 11.6 Å². The van der Waals surface area contributed by atoms with Gasteiger partial charge in [0, 0.05) is 39.4 Å². The van der Waals surface area contributed by atoms with Crippen LogP contribution in [0.1, 0.15) is 42.9 Å². The monoisotopic (exact) mass is 390 g/mol. The molecule has 3 aromatic rings. The fourth-order valence-corrected chi connectivity index (χ4v) is 4.06. The standard InChI is InChI=1S/C24H23ClN2O/c1-2-24(28)26-20-13-14-23-22(15-20)18(16-27(23)21-5-3-4-6-21)10-7-17-8-11-19(25)12-9-17/h2,7-16,21H,1,3-6H2,(H,26,28)/b10-7+. The molecule has 4 rings (SSSR count). The van der Waals surface area contributed by atoms with Crippen molar-refractivity contribution in [3.05, 3.63) is 77.5 Å². The molecule has 1 saturated carbocycles. The van der Waals surface area contributed by atoms with Crippen molar-refractivity contribution in [2.24, 2.45) is 0 Å². The largest absolute Gasteiger partial charge is 0.344 e. The summed E-state index contributed by atoms with van der Waals surface area (Å²) in [6.45, 7) is 3.53. The molecule has 0 saturated heterocycles. The Morgan fingerprint density at radius 3 is 2.57 bits per heavy atom. The first-order valence-corrected chi connectivity index (χ1v) is 10.0. The summed E-state index contributed by atoms with van der Waals surface area (Å²) in [4.78, 5) is 11.7. The van der Waals surface area contributed by atoms with E-state index in [1.807, 2.05) is 36.4 Å². The van der Waals surface area contributed by atoms with Crippen molar-refractivity contribution in [3.8, 4) is 0 Å². The lowest BCUT2D eigenvalue weighted by Gasteiger charge is -2.13. The summed E-state index contributed by atoms with van der Waals surface area (Å²) in [5.74, 6) is -0.201. The van der Waals surface area contributed by atoms with Crippen LogP contribution in [0.4, 0.5) is 5.69 Å². The topological polar surface area (TPSA) is 34.0 Å². The van der Waals surface area contributed by atoms with E-state index in [0.717, 1.165) is 27.2 Å². The number of nitrogens with zero attached hydrogens (tertiary/aromatic N) is 1. The second-order valence-electron chi connectivity index (χ2n) is 7.24. The first kappa shape index (κ1) is 18.6. The molecule has 0 atom stereocenters. The summed E-state index contributed by atoms with van der Waals surface area (Å²) in [5, 5.41) is 4.74.